The van der Waals surface area contributed by atoms with Crippen molar-refractivity contribution >= 4 is 37.3 Å². The summed E-state index contributed by atoms with van der Waals surface area (Å²) in [4.78, 5) is 0. The van der Waals surface area contributed by atoms with Crippen LogP contribution in [0.4, 0.5) is 0 Å². The maximum atomic E-state index is 12.0. The van der Waals surface area contributed by atoms with Crippen molar-refractivity contribution in [3.8, 4) is 0 Å². The summed E-state index contributed by atoms with van der Waals surface area (Å²) < 4.78 is 28.0. The van der Waals surface area contributed by atoms with Gasteiger partial charge in [0.1, 0.15) is 4.21 Å². The number of nitrogens with two attached hydrogens (primary N) is 1. The highest BCUT2D eigenvalue weighted by molar-refractivity contribution is 9.11. The van der Waals surface area contributed by atoms with E-state index in [2.05, 4.69) is 20.7 Å². The Kier molecular flexibility index (Phi) is 4.25. The van der Waals surface area contributed by atoms with E-state index >= 15 is 0 Å². The standard InChI is InChI=1S/C10H15BrN2O2S2/c11-9-5-6-10(16-9)17(14,15)13-8-3-1-7(12)2-4-8/h5-8,13H,1-4,12H2. The zero-order chi connectivity index (χ0) is 12.5. The van der Waals surface area contributed by atoms with Gasteiger partial charge in [0.15, 0.2) is 0 Å². The van der Waals surface area contributed by atoms with Crippen molar-refractivity contribution in [1.82, 2.24) is 4.72 Å². The van der Waals surface area contributed by atoms with Gasteiger partial charge in [-0.25, -0.2) is 13.1 Å². The van der Waals surface area contributed by atoms with E-state index in [1.807, 2.05) is 0 Å². The first-order valence-corrected chi connectivity index (χ1v) is 8.60. The molecule has 0 spiro atoms. The predicted molar refractivity (Wildman–Crippen MR) is 72.6 cm³/mol. The summed E-state index contributed by atoms with van der Waals surface area (Å²) in [6, 6.07) is 3.62. The number of halogens is 1. The molecule has 96 valence electrons. The molecule has 1 fully saturated rings. The van der Waals surface area contributed by atoms with Gasteiger partial charge in [-0.2, -0.15) is 0 Å². The van der Waals surface area contributed by atoms with Gasteiger partial charge >= 0.3 is 0 Å². The molecule has 1 aliphatic carbocycles. The molecule has 1 saturated carbocycles. The topological polar surface area (TPSA) is 72.2 Å². The summed E-state index contributed by atoms with van der Waals surface area (Å²) in [5.41, 5.74) is 5.79. The smallest absolute Gasteiger partial charge is 0.250 e. The molecule has 0 bridgehead atoms. The van der Waals surface area contributed by atoms with Crippen LogP contribution in [0.2, 0.25) is 0 Å². The third-order valence-corrected chi connectivity index (χ3v) is 6.54. The van der Waals surface area contributed by atoms with Gasteiger partial charge in [0.05, 0.1) is 3.79 Å². The van der Waals surface area contributed by atoms with E-state index in [9.17, 15) is 8.42 Å². The first-order valence-electron chi connectivity index (χ1n) is 5.50. The normalized spacial score (nSPS) is 26.0. The van der Waals surface area contributed by atoms with E-state index in [0.717, 1.165) is 29.5 Å². The minimum absolute atomic E-state index is 0.0284. The number of hydrogen-bond donors (Lipinski definition) is 2. The molecule has 7 heteroatoms. The number of hydrogen-bond acceptors (Lipinski definition) is 4. The predicted octanol–water partition coefficient (Wildman–Crippen LogP) is 2.06. The molecule has 1 aliphatic rings. The number of thiophene rings is 1. The SMILES string of the molecule is NC1CCC(NS(=O)(=O)c2ccc(Br)s2)CC1. The van der Waals surface area contributed by atoms with E-state index in [1.54, 1.807) is 12.1 Å². The molecule has 2 rings (SSSR count). The number of sulfonamides is 1. The van der Waals surface area contributed by atoms with Crippen LogP contribution < -0.4 is 10.5 Å². The fraction of sp³-hybridized carbons (Fsp3) is 0.600. The minimum atomic E-state index is -3.36. The van der Waals surface area contributed by atoms with Crippen LogP contribution in [0.15, 0.2) is 20.1 Å². The quantitative estimate of drug-likeness (QED) is 0.885. The third kappa shape index (κ3) is 3.51. The first-order chi connectivity index (χ1) is 7.97. The average Bonchev–Trinajstić information content (AvgIpc) is 2.69. The van der Waals surface area contributed by atoms with Crippen LogP contribution in [0.3, 0.4) is 0 Å². The Hall–Kier alpha value is 0.0500. The Balaban J connectivity index is 2.03. The van der Waals surface area contributed by atoms with E-state index in [4.69, 9.17) is 5.73 Å². The average molecular weight is 339 g/mol. The second kappa shape index (κ2) is 5.36. The van der Waals surface area contributed by atoms with Gasteiger partial charge in [-0.3, -0.25) is 0 Å². The third-order valence-electron chi connectivity index (χ3n) is 2.91. The molecule has 0 aromatic carbocycles. The van der Waals surface area contributed by atoms with Crippen molar-refractivity contribution in [3.63, 3.8) is 0 Å². The van der Waals surface area contributed by atoms with Crippen LogP contribution in [0.1, 0.15) is 25.7 Å². The minimum Gasteiger partial charge on any atom is -0.328 e. The molecule has 1 heterocycles. The molecule has 17 heavy (non-hydrogen) atoms. The van der Waals surface area contributed by atoms with Crippen LogP contribution in [-0.2, 0) is 10.0 Å². The summed E-state index contributed by atoms with van der Waals surface area (Å²) in [6.45, 7) is 0. The van der Waals surface area contributed by atoms with Crippen molar-refractivity contribution in [2.45, 2.75) is 42.0 Å². The Labute approximate surface area is 114 Å². The molecule has 1 aromatic rings. The molecule has 0 amide bonds. The van der Waals surface area contributed by atoms with Crippen molar-refractivity contribution in [2.75, 3.05) is 0 Å². The van der Waals surface area contributed by atoms with Crippen LogP contribution >= 0.6 is 27.3 Å². The van der Waals surface area contributed by atoms with Crippen LogP contribution in [-0.4, -0.2) is 20.5 Å². The molecule has 1 aromatic heterocycles. The summed E-state index contributed by atoms with van der Waals surface area (Å²) in [7, 11) is -3.36. The maximum absolute atomic E-state index is 12.0. The first kappa shape index (κ1) is 13.5. The molecule has 3 N–H and O–H groups in total. The van der Waals surface area contributed by atoms with Gasteiger partial charge in [-0.15, -0.1) is 11.3 Å². The van der Waals surface area contributed by atoms with Gasteiger partial charge < -0.3 is 5.73 Å². The van der Waals surface area contributed by atoms with Crippen molar-refractivity contribution < 1.29 is 8.42 Å². The zero-order valence-corrected chi connectivity index (χ0v) is 12.4. The molecule has 0 radical (unpaired) electrons. The fourth-order valence-corrected chi connectivity index (χ4v) is 5.29. The lowest BCUT2D eigenvalue weighted by atomic mass is 9.93. The summed E-state index contributed by atoms with van der Waals surface area (Å²) in [5, 5.41) is 0. The largest absolute Gasteiger partial charge is 0.328 e. The second-order valence-corrected chi connectivity index (χ2v) is 8.70. The van der Waals surface area contributed by atoms with Crippen LogP contribution in [0, 0.1) is 0 Å². The summed E-state index contributed by atoms with van der Waals surface area (Å²) >= 11 is 4.49. The van der Waals surface area contributed by atoms with Gasteiger partial charge in [-0.1, -0.05) is 0 Å². The van der Waals surface area contributed by atoms with Crippen LogP contribution in [0.25, 0.3) is 0 Å². The Morgan fingerprint density at radius 2 is 1.94 bits per heavy atom. The lowest BCUT2D eigenvalue weighted by Crippen LogP contribution is -2.40. The summed E-state index contributed by atoms with van der Waals surface area (Å²) in [5.74, 6) is 0. The highest BCUT2D eigenvalue weighted by atomic mass is 79.9. The fourth-order valence-electron chi connectivity index (χ4n) is 1.96. The maximum Gasteiger partial charge on any atom is 0.250 e. The molecule has 0 saturated heterocycles. The molecular formula is C10H15BrN2O2S2. The van der Waals surface area contributed by atoms with Crippen LogP contribution in [0.5, 0.6) is 0 Å². The molecule has 0 aliphatic heterocycles. The highest BCUT2D eigenvalue weighted by Crippen LogP contribution is 2.27. The lowest BCUT2D eigenvalue weighted by molar-refractivity contribution is 0.374. The van der Waals surface area contributed by atoms with Gasteiger partial charge in [0.2, 0.25) is 10.0 Å². The van der Waals surface area contributed by atoms with E-state index in [-0.39, 0.29) is 12.1 Å². The van der Waals surface area contributed by atoms with E-state index < -0.39 is 10.0 Å². The van der Waals surface area contributed by atoms with Gasteiger partial charge in [-0.05, 0) is 53.7 Å². The Morgan fingerprint density at radius 3 is 2.47 bits per heavy atom. The van der Waals surface area contributed by atoms with Crippen molar-refractivity contribution in [3.05, 3.63) is 15.9 Å². The van der Waals surface area contributed by atoms with Gasteiger partial charge in [0.25, 0.3) is 0 Å². The Morgan fingerprint density at radius 1 is 1.29 bits per heavy atom. The Bertz CT molecular complexity index is 478. The lowest BCUT2D eigenvalue weighted by Gasteiger charge is -2.26. The number of nitrogens with one attached hydrogen (secondary N) is 1. The number of rotatable bonds is 3. The van der Waals surface area contributed by atoms with Gasteiger partial charge in [0, 0.05) is 12.1 Å². The summed E-state index contributed by atoms with van der Waals surface area (Å²) in [6.07, 6.45) is 3.43. The van der Waals surface area contributed by atoms with E-state index in [1.165, 1.54) is 11.3 Å². The molecule has 4 nitrogen and oxygen atoms in total. The highest BCUT2D eigenvalue weighted by Gasteiger charge is 2.25. The van der Waals surface area contributed by atoms with Crippen molar-refractivity contribution in [1.29, 1.82) is 0 Å². The molecule has 0 atom stereocenters. The monoisotopic (exact) mass is 338 g/mol. The molecule has 0 unspecified atom stereocenters. The second-order valence-electron chi connectivity index (χ2n) is 4.29. The molecular weight excluding hydrogens is 324 g/mol. The zero-order valence-electron chi connectivity index (χ0n) is 9.23. The van der Waals surface area contributed by atoms with Crippen molar-refractivity contribution in [2.24, 2.45) is 5.73 Å². The van der Waals surface area contributed by atoms with E-state index in [0.29, 0.717) is 4.21 Å².